The molecule has 1 aliphatic heterocycles. The lowest BCUT2D eigenvalue weighted by Gasteiger charge is -2.26. The monoisotopic (exact) mass is 329 g/mol. The summed E-state index contributed by atoms with van der Waals surface area (Å²) in [7, 11) is 0. The summed E-state index contributed by atoms with van der Waals surface area (Å²) in [6.07, 6.45) is 6.74. The number of aromatic nitrogens is 1. The van der Waals surface area contributed by atoms with E-state index in [1.165, 1.54) is 0 Å². The summed E-state index contributed by atoms with van der Waals surface area (Å²) in [4.78, 5) is 18.4. The van der Waals surface area contributed by atoms with E-state index in [-0.39, 0.29) is 12.1 Å². The summed E-state index contributed by atoms with van der Waals surface area (Å²) in [5.74, 6) is 0.551. The van der Waals surface area contributed by atoms with Crippen LogP contribution in [0.5, 0.6) is 0 Å². The molecule has 1 aliphatic rings. The van der Waals surface area contributed by atoms with Crippen LogP contribution in [0.3, 0.4) is 0 Å². The molecule has 1 saturated heterocycles. The van der Waals surface area contributed by atoms with Crippen LogP contribution in [-0.2, 0) is 6.54 Å². The smallest absolute Gasteiger partial charge is 0.317 e. The Labute approximate surface area is 141 Å². The van der Waals surface area contributed by atoms with Gasteiger partial charge in [-0.15, -0.1) is 0 Å². The summed E-state index contributed by atoms with van der Waals surface area (Å²) in [6, 6.07) is 5.38. The molecule has 0 saturated carbocycles. The van der Waals surface area contributed by atoms with Crippen LogP contribution in [0.25, 0.3) is 0 Å². The van der Waals surface area contributed by atoms with Gasteiger partial charge in [0.15, 0.2) is 0 Å². The highest BCUT2D eigenvalue weighted by atomic mass is 16.4. The number of carbonyl (C=O) groups excluding carboxylic acids is 1. The van der Waals surface area contributed by atoms with Gasteiger partial charge in [-0.25, -0.2) is 4.79 Å². The molecule has 0 aliphatic carbocycles. The maximum atomic E-state index is 12.5. The minimum Gasteiger partial charge on any atom is -0.467 e. The number of amides is 2. The molecule has 0 radical (unpaired) electrons. The molecule has 2 aromatic rings. The second-order valence-electron chi connectivity index (χ2n) is 6.22. The van der Waals surface area contributed by atoms with Gasteiger partial charge in [0.25, 0.3) is 0 Å². The summed E-state index contributed by atoms with van der Waals surface area (Å²) < 4.78 is 5.24. The van der Waals surface area contributed by atoms with Gasteiger partial charge in [0.1, 0.15) is 11.9 Å². The van der Waals surface area contributed by atoms with Crippen molar-refractivity contribution in [1.82, 2.24) is 15.2 Å². The molecule has 0 bridgehead atoms. The number of hydrogen-bond acceptors (Lipinski definition) is 4. The van der Waals surface area contributed by atoms with Crippen molar-refractivity contribution in [1.29, 1.82) is 0 Å². The first-order valence-corrected chi connectivity index (χ1v) is 8.30. The van der Waals surface area contributed by atoms with Crippen LogP contribution in [0.1, 0.15) is 42.3 Å². The molecule has 24 heavy (non-hydrogen) atoms. The van der Waals surface area contributed by atoms with Crippen LogP contribution in [0.4, 0.5) is 4.79 Å². The van der Waals surface area contributed by atoms with Gasteiger partial charge in [-0.1, -0.05) is 0 Å². The summed E-state index contributed by atoms with van der Waals surface area (Å²) in [5, 5.41) is 13.2. The second kappa shape index (κ2) is 7.49. The van der Waals surface area contributed by atoms with E-state index in [0.29, 0.717) is 18.7 Å². The lowest BCUT2D eigenvalue weighted by molar-refractivity contribution is 0.108. The molecule has 0 spiro atoms. The number of hydrogen-bond donors (Lipinski definition) is 2. The standard InChI is InChI=1S/C18H23N3O3/c1-13-11-19-7-6-14(13)12-20-18(23)21-8-2-4-15(21)10-16(22)17-5-3-9-24-17/h3,5-7,9,11,15-16,22H,2,4,8,10,12H2,1H3,(H,20,23)/t15-,16+/m0/s1. The van der Waals surface area contributed by atoms with Gasteiger partial charge in [0.2, 0.25) is 0 Å². The fourth-order valence-electron chi connectivity index (χ4n) is 3.18. The highest BCUT2D eigenvalue weighted by Gasteiger charge is 2.31. The molecule has 2 aromatic heterocycles. The van der Waals surface area contributed by atoms with Crippen LogP contribution in [-0.4, -0.2) is 33.6 Å². The van der Waals surface area contributed by atoms with Crippen molar-refractivity contribution in [2.45, 2.75) is 44.9 Å². The Balaban J connectivity index is 1.56. The van der Waals surface area contributed by atoms with Gasteiger partial charge < -0.3 is 19.7 Å². The highest BCUT2D eigenvalue weighted by molar-refractivity contribution is 5.74. The van der Waals surface area contributed by atoms with E-state index in [1.807, 2.05) is 17.9 Å². The van der Waals surface area contributed by atoms with Gasteiger partial charge in [-0.05, 0) is 49.1 Å². The quantitative estimate of drug-likeness (QED) is 0.884. The van der Waals surface area contributed by atoms with Crippen LogP contribution >= 0.6 is 0 Å². The van der Waals surface area contributed by atoms with Gasteiger partial charge in [-0.3, -0.25) is 4.98 Å². The fraction of sp³-hybridized carbons (Fsp3) is 0.444. The van der Waals surface area contributed by atoms with Crippen molar-refractivity contribution in [3.05, 3.63) is 53.7 Å². The normalized spacial score (nSPS) is 18.6. The Morgan fingerprint density at radius 2 is 2.42 bits per heavy atom. The molecule has 3 heterocycles. The maximum absolute atomic E-state index is 12.5. The average molecular weight is 329 g/mol. The number of furan rings is 1. The number of likely N-dealkylation sites (tertiary alicyclic amines) is 1. The lowest BCUT2D eigenvalue weighted by atomic mass is 10.1. The first kappa shape index (κ1) is 16.5. The van der Waals surface area contributed by atoms with Gasteiger partial charge >= 0.3 is 6.03 Å². The van der Waals surface area contributed by atoms with Gasteiger partial charge in [-0.2, -0.15) is 0 Å². The predicted molar refractivity (Wildman–Crippen MR) is 89.2 cm³/mol. The second-order valence-corrected chi connectivity index (χ2v) is 6.22. The topological polar surface area (TPSA) is 78.6 Å². The fourth-order valence-corrected chi connectivity index (χ4v) is 3.18. The Morgan fingerprint density at radius 3 is 3.17 bits per heavy atom. The zero-order valence-corrected chi connectivity index (χ0v) is 13.8. The Morgan fingerprint density at radius 1 is 1.54 bits per heavy atom. The van der Waals surface area contributed by atoms with Crippen molar-refractivity contribution >= 4 is 6.03 Å². The number of aliphatic hydroxyl groups excluding tert-OH is 1. The molecule has 3 rings (SSSR count). The molecule has 128 valence electrons. The van der Waals surface area contributed by atoms with Crippen LogP contribution in [0, 0.1) is 6.92 Å². The number of carbonyl (C=O) groups is 1. The van der Waals surface area contributed by atoms with Crippen molar-refractivity contribution in [2.24, 2.45) is 0 Å². The molecule has 0 unspecified atom stereocenters. The third kappa shape index (κ3) is 3.76. The molecule has 0 aromatic carbocycles. The molecule has 2 N–H and O–H groups in total. The zero-order valence-electron chi connectivity index (χ0n) is 13.8. The average Bonchev–Trinajstić information content (AvgIpc) is 3.25. The van der Waals surface area contributed by atoms with Crippen molar-refractivity contribution in [3.8, 4) is 0 Å². The summed E-state index contributed by atoms with van der Waals surface area (Å²) >= 11 is 0. The molecular weight excluding hydrogens is 306 g/mol. The van der Waals surface area contributed by atoms with Gasteiger partial charge in [0, 0.05) is 37.9 Å². The van der Waals surface area contributed by atoms with E-state index in [9.17, 15) is 9.90 Å². The Hall–Kier alpha value is -2.34. The first-order chi connectivity index (χ1) is 11.6. The van der Waals surface area contributed by atoms with Crippen molar-refractivity contribution in [2.75, 3.05) is 6.54 Å². The summed E-state index contributed by atoms with van der Waals surface area (Å²) in [6.45, 7) is 3.18. The molecule has 1 fully saturated rings. The first-order valence-electron chi connectivity index (χ1n) is 8.30. The number of nitrogens with zero attached hydrogens (tertiary/aromatic N) is 2. The number of aryl methyl sites for hydroxylation is 1. The zero-order chi connectivity index (χ0) is 16.9. The lowest BCUT2D eigenvalue weighted by Crippen LogP contribution is -2.43. The number of aliphatic hydroxyl groups is 1. The van der Waals surface area contributed by atoms with Crippen LogP contribution in [0.15, 0.2) is 41.3 Å². The molecule has 2 atom stereocenters. The SMILES string of the molecule is Cc1cnccc1CNC(=O)N1CCC[C@H]1C[C@@H](O)c1ccco1. The minimum atomic E-state index is -0.680. The third-order valence-electron chi connectivity index (χ3n) is 4.57. The van der Waals surface area contributed by atoms with E-state index in [1.54, 1.807) is 30.8 Å². The number of rotatable bonds is 5. The maximum Gasteiger partial charge on any atom is 0.317 e. The highest BCUT2D eigenvalue weighted by Crippen LogP contribution is 2.27. The largest absolute Gasteiger partial charge is 0.467 e. The minimum absolute atomic E-state index is 0.0311. The number of pyridine rings is 1. The van der Waals surface area contributed by atoms with E-state index < -0.39 is 6.10 Å². The van der Waals surface area contributed by atoms with Crippen molar-refractivity contribution < 1.29 is 14.3 Å². The summed E-state index contributed by atoms with van der Waals surface area (Å²) in [5.41, 5.74) is 2.12. The molecule has 6 heteroatoms. The van der Waals surface area contributed by atoms with Crippen molar-refractivity contribution in [3.63, 3.8) is 0 Å². The van der Waals surface area contributed by atoms with E-state index in [4.69, 9.17) is 4.42 Å². The van der Waals surface area contributed by atoms with Gasteiger partial charge in [0.05, 0.1) is 6.26 Å². The number of urea groups is 1. The van der Waals surface area contributed by atoms with Crippen LogP contribution < -0.4 is 5.32 Å². The van der Waals surface area contributed by atoms with E-state index >= 15 is 0 Å². The number of nitrogens with one attached hydrogen (secondary N) is 1. The molecular formula is C18H23N3O3. The van der Waals surface area contributed by atoms with E-state index in [2.05, 4.69) is 10.3 Å². The van der Waals surface area contributed by atoms with Crippen LogP contribution in [0.2, 0.25) is 0 Å². The van der Waals surface area contributed by atoms with E-state index in [0.717, 1.165) is 30.5 Å². The third-order valence-corrected chi connectivity index (χ3v) is 4.57. The molecule has 6 nitrogen and oxygen atoms in total. The Bertz CT molecular complexity index is 672. The predicted octanol–water partition coefficient (Wildman–Crippen LogP) is 2.78. The molecule has 2 amide bonds. The Kier molecular flexibility index (Phi) is 5.15.